The maximum Gasteiger partial charge on any atom is 0.237 e. The van der Waals surface area contributed by atoms with Crippen molar-refractivity contribution in [2.24, 2.45) is 5.92 Å². The number of rotatable bonds is 6. The van der Waals surface area contributed by atoms with Crippen LogP contribution in [-0.2, 0) is 9.53 Å². The second kappa shape index (κ2) is 8.63. The summed E-state index contributed by atoms with van der Waals surface area (Å²) in [5.74, 6) is 0.495. The van der Waals surface area contributed by atoms with Gasteiger partial charge in [-0.15, -0.1) is 0 Å². The van der Waals surface area contributed by atoms with Gasteiger partial charge >= 0.3 is 0 Å². The Balaban J connectivity index is 1.48. The summed E-state index contributed by atoms with van der Waals surface area (Å²) < 4.78 is 5.42. The minimum absolute atomic E-state index is 0.0892. The third-order valence-corrected chi connectivity index (χ3v) is 5.99. The maximum absolute atomic E-state index is 12.8. The number of hydrogen-bond acceptors (Lipinski definition) is 4. The molecule has 0 unspecified atom stereocenters. The van der Waals surface area contributed by atoms with E-state index in [1.165, 1.54) is 25.7 Å². The fourth-order valence-corrected chi connectivity index (χ4v) is 4.49. The first-order valence-electron chi connectivity index (χ1n) is 10.0. The van der Waals surface area contributed by atoms with Crippen molar-refractivity contribution in [3.8, 4) is 0 Å². The molecule has 24 heavy (non-hydrogen) atoms. The van der Waals surface area contributed by atoms with Crippen LogP contribution in [0.2, 0.25) is 0 Å². The van der Waals surface area contributed by atoms with E-state index in [0.717, 1.165) is 51.6 Å². The summed E-state index contributed by atoms with van der Waals surface area (Å²) in [7, 11) is 0. The van der Waals surface area contributed by atoms with Gasteiger partial charge in [0, 0.05) is 44.4 Å². The summed E-state index contributed by atoms with van der Waals surface area (Å²) in [5, 5.41) is 6.92. The topological polar surface area (TPSA) is 53.6 Å². The van der Waals surface area contributed by atoms with Crippen molar-refractivity contribution in [3.63, 3.8) is 0 Å². The van der Waals surface area contributed by atoms with E-state index in [2.05, 4.69) is 29.4 Å². The smallest absolute Gasteiger partial charge is 0.237 e. The fourth-order valence-electron chi connectivity index (χ4n) is 4.49. The van der Waals surface area contributed by atoms with Crippen LogP contribution in [0.4, 0.5) is 0 Å². The molecule has 0 radical (unpaired) electrons. The Morgan fingerprint density at radius 2 is 1.75 bits per heavy atom. The third kappa shape index (κ3) is 4.70. The molecule has 2 heterocycles. The van der Waals surface area contributed by atoms with Gasteiger partial charge in [-0.05, 0) is 38.0 Å². The number of carbonyl (C=O) groups excluding carboxylic acids is 1. The monoisotopic (exact) mass is 337 g/mol. The molecule has 5 heteroatoms. The zero-order valence-corrected chi connectivity index (χ0v) is 15.4. The molecule has 0 bridgehead atoms. The van der Waals surface area contributed by atoms with Crippen LogP contribution in [0.15, 0.2) is 0 Å². The van der Waals surface area contributed by atoms with Gasteiger partial charge in [0.15, 0.2) is 0 Å². The van der Waals surface area contributed by atoms with Crippen molar-refractivity contribution in [2.45, 2.75) is 83.0 Å². The average molecular weight is 338 g/mol. The molecule has 3 fully saturated rings. The normalized spacial score (nSPS) is 28.5. The first-order chi connectivity index (χ1) is 11.6. The summed E-state index contributed by atoms with van der Waals surface area (Å²) in [6, 6.07) is 1.42. The van der Waals surface area contributed by atoms with Crippen LogP contribution in [0.3, 0.4) is 0 Å². The van der Waals surface area contributed by atoms with Crippen molar-refractivity contribution in [1.82, 2.24) is 15.5 Å². The van der Waals surface area contributed by atoms with Crippen LogP contribution < -0.4 is 10.6 Å². The summed E-state index contributed by atoms with van der Waals surface area (Å²) in [5.41, 5.74) is 0. The largest absolute Gasteiger partial charge is 0.381 e. The zero-order valence-electron chi connectivity index (χ0n) is 15.4. The molecule has 138 valence electrons. The fraction of sp³-hybridized carbons (Fsp3) is 0.947. The Kier molecular flexibility index (Phi) is 6.53. The molecule has 1 amide bonds. The highest BCUT2D eigenvalue weighted by Gasteiger charge is 2.33. The Labute approximate surface area is 146 Å². The highest BCUT2D eigenvalue weighted by molar-refractivity contribution is 5.82. The van der Waals surface area contributed by atoms with Crippen molar-refractivity contribution in [1.29, 1.82) is 0 Å². The molecule has 5 nitrogen and oxygen atoms in total. The molecular weight excluding hydrogens is 302 g/mol. The van der Waals surface area contributed by atoms with Gasteiger partial charge in [0.1, 0.15) is 0 Å². The van der Waals surface area contributed by atoms with E-state index >= 15 is 0 Å². The maximum atomic E-state index is 12.8. The Morgan fingerprint density at radius 3 is 2.42 bits per heavy atom. The van der Waals surface area contributed by atoms with Gasteiger partial charge < -0.3 is 15.4 Å². The molecule has 2 atom stereocenters. The molecule has 1 aliphatic carbocycles. The lowest BCUT2D eigenvalue weighted by atomic mass is 9.99. The predicted octanol–water partition coefficient (Wildman–Crippen LogP) is 1.91. The van der Waals surface area contributed by atoms with E-state index in [1.54, 1.807) is 0 Å². The number of ether oxygens (including phenoxy) is 1. The molecular formula is C19H35N3O2. The van der Waals surface area contributed by atoms with E-state index in [-0.39, 0.29) is 11.9 Å². The molecule has 3 rings (SSSR count). The van der Waals surface area contributed by atoms with Gasteiger partial charge in [0.2, 0.25) is 5.91 Å². The Morgan fingerprint density at radius 1 is 1.04 bits per heavy atom. The van der Waals surface area contributed by atoms with E-state index in [0.29, 0.717) is 18.0 Å². The van der Waals surface area contributed by atoms with Crippen LogP contribution in [0.1, 0.15) is 58.8 Å². The Bertz CT molecular complexity index is 403. The summed E-state index contributed by atoms with van der Waals surface area (Å²) in [6.45, 7) is 8.08. The van der Waals surface area contributed by atoms with Crippen LogP contribution in [0.25, 0.3) is 0 Å². The number of carbonyl (C=O) groups is 1. The standard InChI is InChI=1S/C19H35N3O2/c1-14(2)18(20-15-8-11-24-12-9-15)19(23)21-16-7-10-22(13-16)17-5-3-4-6-17/h14-18,20H,3-13H2,1-2H3,(H,21,23)/t16-,18-/m1/s1. The number of nitrogens with one attached hydrogen (secondary N) is 2. The number of likely N-dealkylation sites (tertiary alicyclic amines) is 1. The van der Waals surface area contributed by atoms with E-state index in [9.17, 15) is 4.79 Å². The third-order valence-electron chi connectivity index (χ3n) is 5.99. The molecule has 0 aromatic heterocycles. The van der Waals surface area contributed by atoms with Gasteiger partial charge in [-0.1, -0.05) is 26.7 Å². The van der Waals surface area contributed by atoms with Crippen LogP contribution in [0.5, 0.6) is 0 Å². The minimum atomic E-state index is -0.0892. The van der Waals surface area contributed by atoms with Crippen LogP contribution >= 0.6 is 0 Å². The van der Waals surface area contributed by atoms with Crippen molar-refractivity contribution < 1.29 is 9.53 Å². The highest BCUT2D eigenvalue weighted by Crippen LogP contribution is 2.26. The van der Waals surface area contributed by atoms with Gasteiger partial charge in [-0.2, -0.15) is 0 Å². The summed E-state index contributed by atoms with van der Waals surface area (Å²) >= 11 is 0. The quantitative estimate of drug-likeness (QED) is 0.777. The van der Waals surface area contributed by atoms with E-state index in [4.69, 9.17) is 4.74 Å². The number of amides is 1. The highest BCUT2D eigenvalue weighted by atomic mass is 16.5. The van der Waals surface area contributed by atoms with Gasteiger partial charge in [0.25, 0.3) is 0 Å². The molecule has 0 aromatic carbocycles. The average Bonchev–Trinajstić information content (AvgIpc) is 3.24. The second-order valence-corrected chi connectivity index (χ2v) is 8.20. The molecule has 2 aliphatic heterocycles. The predicted molar refractivity (Wildman–Crippen MR) is 96.0 cm³/mol. The molecule has 2 saturated heterocycles. The molecule has 0 spiro atoms. The first kappa shape index (κ1) is 18.2. The number of hydrogen-bond donors (Lipinski definition) is 2. The van der Waals surface area contributed by atoms with Gasteiger partial charge in [0.05, 0.1) is 6.04 Å². The molecule has 0 aromatic rings. The SMILES string of the molecule is CC(C)[C@@H](NC1CCOCC1)C(=O)N[C@@H]1CCN(C2CCCC2)C1. The summed E-state index contributed by atoms with van der Waals surface area (Å²) in [6.07, 6.45) is 8.57. The van der Waals surface area contributed by atoms with Crippen LogP contribution in [0, 0.1) is 5.92 Å². The number of nitrogens with zero attached hydrogens (tertiary/aromatic N) is 1. The van der Waals surface area contributed by atoms with Crippen molar-refractivity contribution >= 4 is 5.91 Å². The van der Waals surface area contributed by atoms with Gasteiger partial charge in [-0.3, -0.25) is 9.69 Å². The lowest BCUT2D eigenvalue weighted by Gasteiger charge is -2.31. The summed E-state index contributed by atoms with van der Waals surface area (Å²) in [4.78, 5) is 15.4. The molecule has 3 aliphatic rings. The lowest BCUT2D eigenvalue weighted by Crippen LogP contribution is -2.54. The first-order valence-corrected chi connectivity index (χ1v) is 10.0. The lowest BCUT2D eigenvalue weighted by molar-refractivity contribution is -0.125. The van der Waals surface area contributed by atoms with E-state index < -0.39 is 0 Å². The molecule has 1 saturated carbocycles. The van der Waals surface area contributed by atoms with Crippen LogP contribution in [-0.4, -0.2) is 61.3 Å². The molecule has 2 N–H and O–H groups in total. The second-order valence-electron chi connectivity index (χ2n) is 8.20. The Hall–Kier alpha value is -0.650. The van der Waals surface area contributed by atoms with E-state index in [1.807, 2.05) is 0 Å². The van der Waals surface area contributed by atoms with Crippen molar-refractivity contribution in [3.05, 3.63) is 0 Å². The van der Waals surface area contributed by atoms with Gasteiger partial charge in [-0.25, -0.2) is 0 Å². The van der Waals surface area contributed by atoms with Crippen molar-refractivity contribution in [2.75, 3.05) is 26.3 Å². The zero-order chi connectivity index (χ0) is 16.9. The minimum Gasteiger partial charge on any atom is -0.381 e.